The topological polar surface area (TPSA) is 58.6 Å². The second kappa shape index (κ2) is 5.44. The maximum atomic E-state index is 11.8. The van der Waals surface area contributed by atoms with E-state index in [2.05, 4.69) is 5.32 Å². The Hall–Kier alpha value is -1.55. The normalized spacial score (nSPS) is 27.1. The Balaban J connectivity index is 1.43. The van der Waals surface area contributed by atoms with Crippen molar-refractivity contribution in [2.24, 2.45) is 5.41 Å². The van der Waals surface area contributed by atoms with E-state index in [0.717, 1.165) is 31.2 Å². The molecule has 2 atom stereocenters. The molecule has 3 rings (SSSR count). The molecule has 2 N–H and O–H groups in total. The first-order chi connectivity index (χ1) is 9.68. The minimum atomic E-state index is -0.391. The van der Waals surface area contributed by atoms with Crippen molar-refractivity contribution in [1.29, 1.82) is 0 Å². The average Bonchev–Trinajstić information content (AvgIpc) is 3.23. The molecule has 0 aliphatic heterocycles. The molecule has 0 aromatic heterocycles. The zero-order valence-electron chi connectivity index (χ0n) is 11.5. The van der Waals surface area contributed by atoms with E-state index >= 15 is 0 Å². The third kappa shape index (κ3) is 2.96. The molecule has 0 saturated heterocycles. The van der Waals surface area contributed by atoms with Crippen molar-refractivity contribution in [3.8, 4) is 0 Å². The van der Waals surface area contributed by atoms with Gasteiger partial charge in [-0.15, -0.1) is 0 Å². The van der Waals surface area contributed by atoms with Crippen molar-refractivity contribution in [2.45, 2.75) is 50.9 Å². The zero-order valence-corrected chi connectivity index (χ0v) is 11.5. The Bertz CT molecular complexity index is 470. The minimum absolute atomic E-state index is 0.0412. The first kappa shape index (κ1) is 13.4. The van der Waals surface area contributed by atoms with E-state index in [9.17, 15) is 9.90 Å². The molecule has 4 nitrogen and oxygen atoms in total. The van der Waals surface area contributed by atoms with Crippen molar-refractivity contribution in [3.05, 3.63) is 35.9 Å². The summed E-state index contributed by atoms with van der Waals surface area (Å²) in [6.07, 6.45) is 4.22. The quantitative estimate of drug-likeness (QED) is 0.891. The smallest absolute Gasteiger partial charge is 0.407 e. The molecular formula is C16H21NO3. The number of aliphatic hydroxyl groups is 1. The Morgan fingerprint density at radius 3 is 2.70 bits per heavy atom. The number of ether oxygens (including phenoxy) is 1. The van der Waals surface area contributed by atoms with Crippen LogP contribution in [0.3, 0.4) is 0 Å². The first-order valence-corrected chi connectivity index (χ1v) is 7.33. The monoisotopic (exact) mass is 275 g/mol. The van der Waals surface area contributed by atoms with Crippen molar-refractivity contribution in [3.63, 3.8) is 0 Å². The van der Waals surface area contributed by atoms with E-state index in [4.69, 9.17) is 4.74 Å². The molecule has 108 valence electrons. The maximum absolute atomic E-state index is 11.8. The van der Waals surface area contributed by atoms with Gasteiger partial charge in [-0.3, -0.25) is 0 Å². The molecule has 0 bridgehead atoms. The van der Waals surface area contributed by atoms with Crippen LogP contribution in [0.2, 0.25) is 0 Å². The summed E-state index contributed by atoms with van der Waals surface area (Å²) in [5, 5.41) is 13.0. The Morgan fingerprint density at radius 2 is 2.05 bits per heavy atom. The number of benzene rings is 1. The van der Waals surface area contributed by atoms with Gasteiger partial charge in [-0.2, -0.15) is 0 Å². The molecule has 2 aliphatic rings. The number of carbonyl (C=O) groups is 1. The Labute approximate surface area is 119 Å². The standard InChI is InChI=1S/C16H21NO3/c18-14-10-13(6-7-16(14)8-9-16)17-15(19)20-11-12-4-2-1-3-5-12/h1-5,13-14,18H,6-11H2,(H,17,19). The third-order valence-corrected chi connectivity index (χ3v) is 4.63. The number of amides is 1. The van der Waals surface area contributed by atoms with E-state index < -0.39 is 6.09 Å². The molecule has 1 amide bonds. The average molecular weight is 275 g/mol. The summed E-state index contributed by atoms with van der Waals surface area (Å²) in [5.41, 5.74) is 1.16. The second-order valence-corrected chi connectivity index (χ2v) is 6.06. The molecule has 20 heavy (non-hydrogen) atoms. The molecule has 2 fully saturated rings. The van der Waals surface area contributed by atoms with Crippen LogP contribution in [0.5, 0.6) is 0 Å². The molecule has 2 aliphatic carbocycles. The molecule has 1 spiro atoms. The van der Waals surface area contributed by atoms with E-state index in [0.29, 0.717) is 6.42 Å². The van der Waals surface area contributed by atoms with Gasteiger partial charge in [0.05, 0.1) is 6.10 Å². The summed E-state index contributed by atoms with van der Waals surface area (Å²) in [6, 6.07) is 9.66. The number of alkyl carbamates (subject to hydrolysis) is 1. The third-order valence-electron chi connectivity index (χ3n) is 4.63. The molecule has 0 heterocycles. The summed E-state index contributed by atoms with van der Waals surface area (Å²) in [5.74, 6) is 0. The van der Waals surface area contributed by atoms with Crippen molar-refractivity contribution < 1.29 is 14.6 Å². The largest absolute Gasteiger partial charge is 0.445 e. The van der Waals surface area contributed by atoms with Crippen LogP contribution in [0.15, 0.2) is 30.3 Å². The van der Waals surface area contributed by atoms with Gasteiger partial charge in [-0.1, -0.05) is 30.3 Å². The van der Waals surface area contributed by atoms with Crippen molar-refractivity contribution in [1.82, 2.24) is 5.32 Å². The van der Waals surface area contributed by atoms with Gasteiger partial charge in [0.1, 0.15) is 6.61 Å². The van der Waals surface area contributed by atoms with Crippen molar-refractivity contribution in [2.75, 3.05) is 0 Å². The molecule has 1 aromatic rings. The van der Waals surface area contributed by atoms with E-state index in [-0.39, 0.29) is 24.2 Å². The lowest BCUT2D eigenvalue weighted by atomic mass is 9.81. The number of hydrogen-bond acceptors (Lipinski definition) is 3. The molecule has 0 radical (unpaired) electrons. The fourth-order valence-corrected chi connectivity index (χ4v) is 3.07. The maximum Gasteiger partial charge on any atom is 0.407 e. The van der Waals surface area contributed by atoms with Crippen LogP contribution in [0.4, 0.5) is 4.79 Å². The van der Waals surface area contributed by atoms with E-state index in [1.54, 1.807) is 0 Å². The number of rotatable bonds is 3. The number of hydrogen-bond donors (Lipinski definition) is 2. The van der Waals surface area contributed by atoms with Gasteiger partial charge in [0.15, 0.2) is 0 Å². The number of nitrogens with one attached hydrogen (secondary N) is 1. The van der Waals surface area contributed by atoms with Crippen molar-refractivity contribution >= 4 is 6.09 Å². The van der Waals surface area contributed by atoms with Gasteiger partial charge >= 0.3 is 6.09 Å². The summed E-state index contributed by atoms with van der Waals surface area (Å²) in [7, 11) is 0. The summed E-state index contributed by atoms with van der Waals surface area (Å²) < 4.78 is 5.20. The minimum Gasteiger partial charge on any atom is -0.445 e. The van der Waals surface area contributed by atoms with Gasteiger partial charge in [0.2, 0.25) is 0 Å². The van der Waals surface area contributed by atoms with E-state index in [1.807, 2.05) is 30.3 Å². The molecule has 1 aromatic carbocycles. The van der Waals surface area contributed by atoms with Crippen LogP contribution in [-0.2, 0) is 11.3 Å². The summed E-state index contributed by atoms with van der Waals surface area (Å²) in [6.45, 7) is 0.284. The highest BCUT2D eigenvalue weighted by molar-refractivity contribution is 5.67. The predicted octanol–water partition coefficient (Wildman–Crippen LogP) is 2.61. The van der Waals surface area contributed by atoms with Gasteiger partial charge in [-0.25, -0.2) is 4.79 Å². The van der Waals surface area contributed by atoms with Crippen LogP contribution in [-0.4, -0.2) is 23.3 Å². The summed E-state index contributed by atoms with van der Waals surface area (Å²) in [4.78, 5) is 11.8. The highest BCUT2D eigenvalue weighted by Crippen LogP contribution is 2.56. The van der Waals surface area contributed by atoms with Crippen LogP contribution < -0.4 is 5.32 Å². The van der Waals surface area contributed by atoms with Gasteiger partial charge in [0, 0.05) is 6.04 Å². The first-order valence-electron chi connectivity index (χ1n) is 7.33. The van der Waals surface area contributed by atoms with Crippen LogP contribution in [0.1, 0.15) is 37.7 Å². The lowest BCUT2D eigenvalue weighted by Gasteiger charge is -2.33. The van der Waals surface area contributed by atoms with Gasteiger partial charge < -0.3 is 15.2 Å². The SMILES string of the molecule is O=C(NC1CCC2(CC2)C(O)C1)OCc1ccccc1. The Morgan fingerprint density at radius 1 is 1.30 bits per heavy atom. The van der Waals surface area contributed by atoms with Crippen LogP contribution >= 0.6 is 0 Å². The molecular weight excluding hydrogens is 254 g/mol. The fourth-order valence-electron chi connectivity index (χ4n) is 3.07. The summed E-state index contributed by atoms with van der Waals surface area (Å²) >= 11 is 0. The highest BCUT2D eigenvalue weighted by Gasteiger charge is 2.51. The molecule has 2 saturated carbocycles. The molecule has 2 unspecified atom stereocenters. The van der Waals surface area contributed by atoms with E-state index in [1.165, 1.54) is 0 Å². The number of carbonyl (C=O) groups excluding carboxylic acids is 1. The van der Waals surface area contributed by atoms with Gasteiger partial charge in [0.25, 0.3) is 0 Å². The number of aliphatic hydroxyl groups excluding tert-OH is 1. The predicted molar refractivity (Wildman–Crippen MR) is 75.1 cm³/mol. The molecule has 4 heteroatoms. The van der Waals surface area contributed by atoms with Crippen LogP contribution in [0.25, 0.3) is 0 Å². The lowest BCUT2D eigenvalue weighted by Crippen LogP contribution is -2.43. The van der Waals surface area contributed by atoms with Gasteiger partial charge in [-0.05, 0) is 43.1 Å². The Kier molecular flexibility index (Phi) is 3.66. The highest BCUT2D eigenvalue weighted by atomic mass is 16.5. The zero-order chi connectivity index (χ0) is 14.0. The van der Waals surface area contributed by atoms with Crippen LogP contribution in [0, 0.1) is 5.41 Å². The lowest BCUT2D eigenvalue weighted by molar-refractivity contribution is 0.0383. The fraction of sp³-hybridized carbons (Fsp3) is 0.562. The second-order valence-electron chi connectivity index (χ2n) is 6.06.